The lowest BCUT2D eigenvalue weighted by atomic mass is 10.1. The van der Waals surface area contributed by atoms with Gasteiger partial charge >= 0.3 is 0 Å². The molecule has 0 spiro atoms. The Bertz CT molecular complexity index is 813. The molecule has 1 amide bonds. The number of nitrogen functional groups attached to an aromatic ring is 1. The first-order valence-corrected chi connectivity index (χ1v) is 6.49. The van der Waals surface area contributed by atoms with Crippen LogP contribution >= 0.6 is 11.3 Å². The average Bonchev–Trinajstić information content (AvgIpc) is 2.85. The third-order valence-electron chi connectivity index (χ3n) is 2.84. The van der Waals surface area contributed by atoms with Gasteiger partial charge in [-0.1, -0.05) is 12.1 Å². The molecule has 7 heteroatoms. The van der Waals surface area contributed by atoms with Gasteiger partial charge in [-0.05, 0) is 23.8 Å². The van der Waals surface area contributed by atoms with Gasteiger partial charge in [0.2, 0.25) is 0 Å². The Morgan fingerprint density at radius 2 is 1.90 bits per heavy atom. The molecule has 0 unspecified atom stereocenters. The van der Waals surface area contributed by atoms with Crippen molar-refractivity contribution < 1.29 is 9.18 Å². The first-order valence-electron chi connectivity index (χ1n) is 5.67. The lowest BCUT2D eigenvalue weighted by molar-refractivity contribution is 0.0996. The van der Waals surface area contributed by atoms with Gasteiger partial charge in [0.1, 0.15) is 5.82 Å². The summed E-state index contributed by atoms with van der Waals surface area (Å²) >= 11 is 1.32. The minimum absolute atomic E-state index is 0.0903. The van der Waals surface area contributed by atoms with Gasteiger partial charge in [0.05, 0.1) is 4.70 Å². The fraction of sp³-hybridized carbons (Fsp3) is 0. The number of hydrogen-bond acceptors (Lipinski definition) is 5. The minimum atomic E-state index is -0.657. The Balaban J connectivity index is 2.24. The van der Waals surface area contributed by atoms with Crippen LogP contribution in [-0.2, 0) is 0 Å². The third-order valence-corrected chi connectivity index (χ3v) is 4.03. The molecular weight excluding hydrogens is 279 g/mol. The van der Waals surface area contributed by atoms with Crippen molar-refractivity contribution in [2.75, 3.05) is 5.73 Å². The summed E-state index contributed by atoms with van der Waals surface area (Å²) in [6.45, 7) is 0. The van der Waals surface area contributed by atoms with Crippen LogP contribution in [0.1, 0.15) is 10.5 Å². The number of fused-ring (bicyclic) bond motifs is 1. The van der Waals surface area contributed by atoms with E-state index in [1.165, 1.54) is 23.5 Å². The van der Waals surface area contributed by atoms with E-state index in [1.54, 1.807) is 18.2 Å². The molecule has 0 saturated carbocycles. The predicted octanol–water partition coefficient (Wildman–Crippen LogP) is 2.18. The highest BCUT2D eigenvalue weighted by Gasteiger charge is 2.16. The van der Waals surface area contributed by atoms with E-state index in [0.717, 1.165) is 10.4 Å². The molecule has 5 nitrogen and oxygen atoms in total. The number of anilines is 1. The summed E-state index contributed by atoms with van der Waals surface area (Å²) in [4.78, 5) is 12.2. The normalized spacial score (nSPS) is 10.8. The second kappa shape index (κ2) is 4.53. The summed E-state index contributed by atoms with van der Waals surface area (Å²) in [5.74, 6) is -0.736. The fourth-order valence-electron chi connectivity index (χ4n) is 1.88. The van der Waals surface area contributed by atoms with Crippen LogP contribution in [0.3, 0.4) is 0 Å². The Hall–Kier alpha value is -2.54. The topological polar surface area (TPSA) is 94.9 Å². The molecule has 3 aromatic rings. The summed E-state index contributed by atoms with van der Waals surface area (Å²) in [5, 5.41) is 8.07. The predicted molar refractivity (Wildman–Crippen MR) is 75.7 cm³/mol. The zero-order chi connectivity index (χ0) is 14.3. The molecule has 2 aromatic heterocycles. The number of thiophene rings is 1. The lowest BCUT2D eigenvalue weighted by Crippen LogP contribution is -2.14. The first kappa shape index (κ1) is 12.5. The molecule has 0 radical (unpaired) electrons. The van der Waals surface area contributed by atoms with Crippen molar-refractivity contribution in [1.82, 2.24) is 10.2 Å². The number of carbonyl (C=O) groups excluding carboxylic acids is 1. The Labute approximate surface area is 117 Å². The lowest BCUT2D eigenvalue weighted by Gasteiger charge is -1.97. The van der Waals surface area contributed by atoms with Crippen LogP contribution in [0.25, 0.3) is 20.5 Å². The summed E-state index contributed by atoms with van der Waals surface area (Å²) < 4.78 is 13.5. The second-order valence-electron chi connectivity index (χ2n) is 4.16. The number of aromatic nitrogens is 2. The molecule has 20 heavy (non-hydrogen) atoms. The molecule has 0 atom stereocenters. The van der Waals surface area contributed by atoms with E-state index in [4.69, 9.17) is 11.5 Å². The van der Waals surface area contributed by atoms with Crippen LogP contribution in [0, 0.1) is 5.82 Å². The Kier molecular flexibility index (Phi) is 2.83. The molecule has 0 aliphatic heterocycles. The van der Waals surface area contributed by atoms with Crippen LogP contribution < -0.4 is 11.5 Å². The van der Waals surface area contributed by atoms with Gasteiger partial charge in [0.15, 0.2) is 11.5 Å². The van der Waals surface area contributed by atoms with E-state index in [1.807, 2.05) is 0 Å². The van der Waals surface area contributed by atoms with Crippen molar-refractivity contribution in [2.45, 2.75) is 0 Å². The molecule has 1 aromatic carbocycles. The maximum Gasteiger partial charge on any atom is 0.270 e. The number of benzene rings is 1. The highest BCUT2D eigenvalue weighted by atomic mass is 32.1. The van der Waals surface area contributed by atoms with Gasteiger partial charge < -0.3 is 11.5 Å². The smallest absolute Gasteiger partial charge is 0.270 e. The van der Waals surface area contributed by atoms with Crippen molar-refractivity contribution in [3.8, 4) is 10.4 Å². The zero-order valence-corrected chi connectivity index (χ0v) is 10.9. The van der Waals surface area contributed by atoms with Crippen LogP contribution in [0.4, 0.5) is 10.2 Å². The largest absolute Gasteiger partial charge is 0.382 e. The molecule has 0 bridgehead atoms. The molecule has 0 saturated heterocycles. The fourth-order valence-corrected chi connectivity index (χ4v) is 3.04. The summed E-state index contributed by atoms with van der Waals surface area (Å²) in [5.41, 5.74) is 11.9. The molecule has 4 N–H and O–H groups in total. The van der Waals surface area contributed by atoms with Gasteiger partial charge in [-0.25, -0.2) is 4.39 Å². The highest BCUT2D eigenvalue weighted by Crippen LogP contribution is 2.36. The van der Waals surface area contributed by atoms with E-state index in [0.29, 0.717) is 10.1 Å². The van der Waals surface area contributed by atoms with E-state index in [9.17, 15) is 9.18 Å². The molecule has 100 valence electrons. The number of nitrogens with two attached hydrogens (primary N) is 2. The Morgan fingerprint density at radius 3 is 2.55 bits per heavy atom. The molecule has 3 rings (SSSR count). The third kappa shape index (κ3) is 1.97. The van der Waals surface area contributed by atoms with Crippen molar-refractivity contribution in [3.05, 3.63) is 41.8 Å². The SMILES string of the molecule is NC(=O)c1nnc(N)c2cc(-c3ccc(F)cc3)sc12. The number of amides is 1. The summed E-state index contributed by atoms with van der Waals surface area (Å²) in [6.07, 6.45) is 0. The number of carbonyl (C=O) groups is 1. The number of nitrogens with zero attached hydrogens (tertiary/aromatic N) is 2. The molecule has 0 aliphatic carbocycles. The standard InChI is InChI=1S/C13H9FN4OS/c14-7-3-1-6(2-4-7)9-5-8-11(20-9)10(13(16)19)17-18-12(8)15/h1-5H,(H2,15,18)(H2,16,19). The van der Waals surface area contributed by atoms with Gasteiger partial charge in [-0.15, -0.1) is 21.5 Å². The van der Waals surface area contributed by atoms with E-state index in [2.05, 4.69) is 10.2 Å². The number of halogens is 1. The second-order valence-corrected chi connectivity index (χ2v) is 5.21. The quantitative estimate of drug-likeness (QED) is 0.755. The van der Waals surface area contributed by atoms with Crippen LogP contribution in [-0.4, -0.2) is 16.1 Å². The van der Waals surface area contributed by atoms with E-state index >= 15 is 0 Å². The first-order chi connectivity index (χ1) is 9.56. The number of primary amides is 1. The number of hydrogen-bond donors (Lipinski definition) is 2. The molecule has 2 heterocycles. The van der Waals surface area contributed by atoms with Crippen LogP contribution in [0.2, 0.25) is 0 Å². The van der Waals surface area contributed by atoms with E-state index < -0.39 is 5.91 Å². The minimum Gasteiger partial charge on any atom is -0.382 e. The van der Waals surface area contributed by atoms with Gasteiger partial charge in [0, 0.05) is 10.3 Å². The number of rotatable bonds is 2. The summed E-state index contributed by atoms with van der Waals surface area (Å²) in [6, 6.07) is 7.84. The Morgan fingerprint density at radius 1 is 1.20 bits per heavy atom. The van der Waals surface area contributed by atoms with Crippen molar-refractivity contribution in [2.24, 2.45) is 5.73 Å². The van der Waals surface area contributed by atoms with Crippen LogP contribution in [0.5, 0.6) is 0 Å². The molecule has 0 fully saturated rings. The summed E-state index contributed by atoms with van der Waals surface area (Å²) in [7, 11) is 0. The monoisotopic (exact) mass is 288 g/mol. The maximum atomic E-state index is 12.9. The van der Waals surface area contributed by atoms with Crippen LogP contribution in [0.15, 0.2) is 30.3 Å². The van der Waals surface area contributed by atoms with Gasteiger partial charge in [-0.2, -0.15) is 0 Å². The van der Waals surface area contributed by atoms with E-state index in [-0.39, 0.29) is 17.3 Å². The molecular formula is C13H9FN4OS. The zero-order valence-electron chi connectivity index (χ0n) is 10.1. The van der Waals surface area contributed by atoms with Gasteiger partial charge in [-0.3, -0.25) is 4.79 Å². The van der Waals surface area contributed by atoms with Crippen molar-refractivity contribution in [3.63, 3.8) is 0 Å². The maximum absolute atomic E-state index is 12.9. The van der Waals surface area contributed by atoms with Crippen molar-refractivity contribution >= 4 is 33.1 Å². The average molecular weight is 288 g/mol. The molecule has 0 aliphatic rings. The highest BCUT2D eigenvalue weighted by molar-refractivity contribution is 7.22. The van der Waals surface area contributed by atoms with Crippen molar-refractivity contribution in [1.29, 1.82) is 0 Å². The van der Waals surface area contributed by atoms with Gasteiger partial charge in [0.25, 0.3) is 5.91 Å².